The van der Waals surface area contributed by atoms with E-state index in [0.29, 0.717) is 0 Å². The summed E-state index contributed by atoms with van der Waals surface area (Å²) >= 11 is 0. The van der Waals surface area contributed by atoms with Gasteiger partial charge in [-0.15, -0.1) is 10.2 Å². The van der Waals surface area contributed by atoms with Crippen molar-refractivity contribution in [3.8, 4) is 11.3 Å². The maximum atomic E-state index is 4.58. The largest absolute Gasteiger partial charge is 0.356 e. The van der Waals surface area contributed by atoms with Gasteiger partial charge < -0.3 is 10.6 Å². The van der Waals surface area contributed by atoms with Crippen molar-refractivity contribution < 1.29 is 0 Å². The van der Waals surface area contributed by atoms with Gasteiger partial charge in [-0.1, -0.05) is 106 Å². The number of aromatic nitrogens is 2. The van der Waals surface area contributed by atoms with E-state index in [2.05, 4.69) is 70.7 Å². The molecule has 0 radical (unpaired) electrons. The van der Waals surface area contributed by atoms with E-state index in [4.69, 9.17) is 0 Å². The lowest BCUT2D eigenvalue weighted by Crippen LogP contribution is -2.00. The Labute approximate surface area is 213 Å². The van der Waals surface area contributed by atoms with Gasteiger partial charge in [0, 0.05) is 33.4 Å². The zero-order valence-electron chi connectivity index (χ0n) is 21.1. The molecule has 0 aliphatic carbocycles. The van der Waals surface area contributed by atoms with E-state index in [0.717, 1.165) is 56.9 Å². The fourth-order valence-corrected chi connectivity index (χ4v) is 3.97. The number of fused-ring (bicyclic) bond motifs is 1. The minimum Gasteiger partial charge on any atom is -0.356 e. The molecule has 0 saturated heterocycles. The lowest BCUT2D eigenvalue weighted by atomic mass is 10.0. The second-order valence-electron chi connectivity index (χ2n) is 8.17. The van der Waals surface area contributed by atoms with Crippen molar-refractivity contribution >= 4 is 33.7 Å². The first kappa shape index (κ1) is 24.7. The van der Waals surface area contributed by atoms with Crippen LogP contribution in [0.4, 0.5) is 17.2 Å². The van der Waals surface area contributed by atoms with E-state index >= 15 is 0 Å². The molecule has 5 aromatic rings. The Morgan fingerprint density at radius 1 is 0.694 bits per heavy atom. The van der Waals surface area contributed by atoms with Crippen molar-refractivity contribution in [2.24, 2.45) is 0 Å². The van der Waals surface area contributed by atoms with Gasteiger partial charge in [0.05, 0.1) is 0 Å². The van der Waals surface area contributed by atoms with Gasteiger partial charge in [-0.25, -0.2) is 0 Å². The normalized spacial score (nSPS) is 10.3. The molecule has 0 unspecified atom stereocenters. The molecule has 0 saturated carbocycles. The summed E-state index contributed by atoms with van der Waals surface area (Å²) in [5.74, 6) is 0.735. The Bertz CT molecular complexity index is 1420. The number of nitrogens with one attached hydrogen (secondary N) is 2. The van der Waals surface area contributed by atoms with E-state index in [1.807, 2.05) is 80.6 Å². The van der Waals surface area contributed by atoms with Crippen molar-refractivity contribution in [3.05, 3.63) is 121 Å². The monoisotopic (exact) mass is 472 g/mol. The van der Waals surface area contributed by atoms with Gasteiger partial charge >= 0.3 is 0 Å². The van der Waals surface area contributed by atoms with E-state index < -0.39 is 0 Å². The minimum atomic E-state index is 0.735. The highest BCUT2D eigenvalue weighted by atomic mass is 15.2. The lowest BCUT2D eigenvalue weighted by molar-refractivity contribution is 1.06. The molecule has 0 fully saturated rings. The lowest BCUT2D eigenvalue weighted by Gasteiger charge is -2.13. The van der Waals surface area contributed by atoms with Crippen LogP contribution in [0.3, 0.4) is 0 Å². The third-order valence-electron chi connectivity index (χ3n) is 5.89. The third kappa shape index (κ3) is 5.61. The molecule has 36 heavy (non-hydrogen) atoms. The summed E-state index contributed by atoms with van der Waals surface area (Å²) in [5, 5.41) is 18.0. The Morgan fingerprint density at radius 3 is 2.00 bits per heavy atom. The predicted octanol–water partition coefficient (Wildman–Crippen LogP) is 8.71. The quantitative estimate of drug-likeness (QED) is 0.249. The number of hydrogen-bond acceptors (Lipinski definition) is 4. The van der Waals surface area contributed by atoms with Gasteiger partial charge in [-0.05, 0) is 41.8 Å². The first-order valence-electron chi connectivity index (χ1n) is 12.4. The zero-order chi connectivity index (χ0) is 25.3. The second kappa shape index (κ2) is 11.8. The number of nitrogens with zero attached hydrogens (tertiary/aromatic N) is 2. The number of benzene rings is 4. The van der Waals surface area contributed by atoms with Crippen LogP contribution in [0.25, 0.3) is 27.7 Å². The molecule has 4 aromatic carbocycles. The van der Waals surface area contributed by atoms with Crippen LogP contribution in [0.5, 0.6) is 0 Å². The summed E-state index contributed by atoms with van der Waals surface area (Å²) in [6.07, 6.45) is 1.02. The zero-order valence-corrected chi connectivity index (χ0v) is 21.1. The number of aryl methyl sites for hydroxylation is 1. The van der Waals surface area contributed by atoms with Gasteiger partial charge in [0.2, 0.25) is 0 Å². The van der Waals surface area contributed by atoms with Crippen LogP contribution in [-0.4, -0.2) is 10.2 Å². The fraction of sp³-hybridized carbons (Fsp3) is 0.125. The van der Waals surface area contributed by atoms with Crippen molar-refractivity contribution in [1.29, 1.82) is 0 Å². The summed E-state index contributed by atoms with van der Waals surface area (Å²) in [5.41, 5.74) is 7.10. The number of rotatable bonds is 7. The van der Waals surface area contributed by atoms with Crippen LogP contribution >= 0.6 is 0 Å². The molecule has 0 aliphatic heterocycles. The first-order chi connectivity index (χ1) is 17.7. The standard InChI is InChI=1S/C30H26N4.C2H6/c1-3-22-13-15-24(16-14-22)29-27-11-7-8-12-28(27)30(34-33-29)32-26-19-17-23(18-20-26)21(2)31-25-9-5-4-6-10-25;1-2/h4-20,31H,2-3H2,1H3,(H,32,34);1-2H3. The maximum absolute atomic E-state index is 4.58. The average Bonchev–Trinajstić information content (AvgIpc) is 2.95. The Morgan fingerprint density at radius 2 is 1.33 bits per heavy atom. The van der Waals surface area contributed by atoms with E-state index in [1.165, 1.54) is 5.56 Å². The summed E-state index contributed by atoms with van der Waals surface area (Å²) in [4.78, 5) is 0. The smallest absolute Gasteiger partial charge is 0.161 e. The summed E-state index contributed by atoms with van der Waals surface area (Å²) < 4.78 is 0. The Hall–Kier alpha value is -4.44. The molecular weight excluding hydrogens is 440 g/mol. The van der Waals surface area contributed by atoms with E-state index in [1.54, 1.807) is 0 Å². The molecule has 1 aromatic heterocycles. The van der Waals surface area contributed by atoms with Crippen LogP contribution in [0, 0.1) is 0 Å². The molecule has 2 N–H and O–H groups in total. The molecule has 0 aliphatic rings. The molecule has 4 heteroatoms. The number of para-hydroxylation sites is 1. The van der Waals surface area contributed by atoms with Crippen LogP contribution in [0.2, 0.25) is 0 Å². The highest BCUT2D eigenvalue weighted by Crippen LogP contribution is 2.31. The molecule has 0 amide bonds. The Kier molecular flexibility index (Phi) is 8.09. The van der Waals surface area contributed by atoms with Crippen molar-refractivity contribution in [1.82, 2.24) is 10.2 Å². The number of hydrogen-bond donors (Lipinski definition) is 2. The molecule has 0 atom stereocenters. The Balaban J connectivity index is 0.00000148. The van der Waals surface area contributed by atoms with Gasteiger partial charge in [0.15, 0.2) is 5.82 Å². The fourth-order valence-electron chi connectivity index (χ4n) is 3.97. The van der Waals surface area contributed by atoms with Crippen LogP contribution in [-0.2, 0) is 6.42 Å². The third-order valence-corrected chi connectivity index (χ3v) is 5.89. The molecule has 180 valence electrons. The molecule has 1 heterocycles. The highest BCUT2D eigenvalue weighted by molar-refractivity contribution is 6.00. The van der Waals surface area contributed by atoms with Gasteiger partial charge in [0.1, 0.15) is 5.69 Å². The number of anilines is 3. The van der Waals surface area contributed by atoms with Crippen molar-refractivity contribution in [2.75, 3.05) is 10.6 Å². The summed E-state index contributed by atoms with van der Waals surface area (Å²) in [7, 11) is 0. The van der Waals surface area contributed by atoms with Crippen LogP contribution in [0.1, 0.15) is 31.9 Å². The maximum Gasteiger partial charge on any atom is 0.161 e. The first-order valence-corrected chi connectivity index (χ1v) is 12.4. The predicted molar refractivity (Wildman–Crippen MR) is 155 cm³/mol. The van der Waals surface area contributed by atoms with Crippen molar-refractivity contribution in [2.45, 2.75) is 27.2 Å². The SMILES string of the molecule is C=C(Nc1ccccc1)c1ccc(Nc2nnc(-c3ccc(CC)cc3)c3ccccc23)cc1.CC. The topological polar surface area (TPSA) is 49.8 Å². The molecule has 0 bridgehead atoms. The van der Waals surface area contributed by atoms with Crippen molar-refractivity contribution in [3.63, 3.8) is 0 Å². The van der Waals surface area contributed by atoms with E-state index in [9.17, 15) is 0 Å². The second-order valence-corrected chi connectivity index (χ2v) is 8.17. The van der Waals surface area contributed by atoms with E-state index in [-0.39, 0.29) is 0 Å². The molecule has 4 nitrogen and oxygen atoms in total. The molecule has 5 rings (SSSR count). The summed E-state index contributed by atoms with van der Waals surface area (Å²) in [6.45, 7) is 10.3. The van der Waals surface area contributed by atoms with Crippen LogP contribution < -0.4 is 10.6 Å². The molecular formula is C32H32N4. The summed E-state index contributed by atoms with van der Waals surface area (Å²) in [6, 6.07) is 35.0. The minimum absolute atomic E-state index is 0.735. The van der Waals surface area contributed by atoms with Gasteiger partial charge in [-0.3, -0.25) is 0 Å². The van der Waals surface area contributed by atoms with Gasteiger partial charge in [0.25, 0.3) is 0 Å². The van der Waals surface area contributed by atoms with Gasteiger partial charge in [-0.2, -0.15) is 0 Å². The highest BCUT2D eigenvalue weighted by Gasteiger charge is 2.11. The average molecular weight is 473 g/mol. The molecule has 0 spiro atoms. The van der Waals surface area contributed by atoms with Crippen LogP contribution in [0.15, 0.2) is 110 Å².